The normalized spacial score (nSPS) is 10.6. The molecule has 0 bridgehead atoms. The van der Waals surface area contributed by atoms with Crippen LogP contribution in [0.15, 0.2) is 51.6 Å². The number of nitrogens with zero attached hydrogens (tertiary/aromatic N) is 2. The molecule has 118 valence electrons. The summed E-state index contributed by atoms with van der Waals surface area (Å²) < 4.78 is 6.30. The molecule has 2 heterocycles. The first kappa shape index (κ1) is 15.6. The largest absolute Gasteiger partial charge is 0.467 e. The van der Waals surface area contributed by atoms with Crippen molar-refractivity contribution < 1.29 is 4.42 Å². The Kier molecular flexibility index (Phi) is 4.62. The van der Waals surface area contributed by atoms with Gasteiger partial charge < -0.3 is 15.1 Å². The molecule has 3 aromatic rings. The average Bonchev–Trinajstić information content (AvgIpc) is 3.01. The van der Waals surface area contributed by atoms with E-state index in [2.05, 4.69) is 55.6 Å². The van der Waals surface area contributed by atoms with Gasteiger partial charge in [-0.2, -0.15) is 4.98 Å². The maximum absolute atomic E-state index is 5.30. The number of hydrogen-bond acceptors (Lipinski definition) is 5. The van der Waals surface area contributed by atoms with Crippen molar-refractivity contribution in [2.75, 3.05) is 10.6 Å². The first-order valence-corrected chi connectivity index (χ1v) is 8.04. The molecule has 0 fully saturated rings. The molecule has 0 atom stereocenters. The van der Waals surface area contributed by atoms with Gasteiger partial charge in [0, 0.05) is 16.2 Å². The van der Waals surface area contributed by atoms with Gasteiger partial charge in [0.25, 0.3) is 0 Å². The molecular weight excluding hydrogens is 356 g/mol. The Bertz CT molecular complexity index is 802. The minimum absolute atomic E-state index is 0.546. The third kappa shape index (κ3) is 4.10. The number of hydrogen-bond donors (Lipinski definition) is 2. The van der Waals surface area contributed by atoms with E-state index in [9.17, 15) is 0 Å². The summed E-state index contributed by atoms with van der Waals surface area (Å²) in [5.74, 6) is 2.14. The molecule has 0 saturated carbocycles. The van der Waals surface area contributed by atoms with E-state index in [1.165, 1.54) is 5.56 Å². The molecule has 5 nitrogen and oxygen atoms in total. The molecular formula is C17H17BrN4O. The highest BCUT2D eigenvalue weighted by atomic mass is 79.9. The zero-order valence-electron chi connectivity index (χ0n) is 12.9. The lowest BCUT2D eigenvalue weighted by molar-refractivity contribution is 0.517. The number of rotatable bonds is 5. The van der Waals surface area contributed by atoms with Crippen LogP contribution in [0.3, 0.4) is 0 Å². The van der Waals surface area contributed by atoms with Crippen LogP contribution in [0.5, 0.6) is 0 Å². The molecule has 23 heavy (non-hydrogen) atoms. The highest BCUT2D eigenvalue weighted by Crippen LogP contribution is 2.26. The van der Waals surface area contributed by atoms with Gasteiger partial charge in [-0.25, -0.2) is 4.98 Å². The molecule has 0 aliphatic heterocycles. The van der Waals surface area contributed by atoms with Crippen LogP contribution in [0.2, 0.25) is 0 Å². The lowest BCUT2D eigenvalue weighted by Crippen LogP contribution is -2.06. The topological polar surface area (TPSA) is 63.0 Å². The molecule has 6 heteroatoms. The van der Waals surface area contributed by atoms with Crippen molar-refractivity contribution in [3.05, 3.63) is 64.2 Å². The standard InChI is InChI=1S/C17H17BrN4O/c1-11-5-6-15(14(18)8-11)21-16-9-12(2)20-17(22-16)19-10-13-4-3-7-23-13/h3-9H,10H2,1-2H3,(H2,19,20,21,22). The van der Waals surface area contributed by atoms with E-state index in [-0.39, 0.29) is 0 Å². The Morgan fingerprint density at radius 3 is 2.74 bits per heavy atom. The number of halogens is 1. The molecule has 0 unspecified atom stereocenters. The number of anilines is 3. The van der Waals surface area contributed by atoms with Crippen LogP contribution >= 0.6 is 15.9 Å². The van der Waals surface area contributed by atoms with E-state index in [0.717, 1.165) is 27.4 Å². The first-order valence-electron chi connectivity index (χ1n) is 7.25. The fraction of sp³-hybridized carbons (Fsp3) is 0.176. The highest BCUT2D eigenvalue weighted by Gasteiger charge is 2.06. The van der Waals surface area contributed by atoms with Gasteiger partial charge in [-0.1, -0.05) is 6.07 Å². The fourth-order valence-electron chi connectivity index (χ4n) is 2.15. The van der Waals surface area contributed by atoms with Gasteiger partial charge in [0.05, 0.1) is 18.5 Å². The monoisotopic (exact) mass is 372 g/mol. The van der Waals surface area contributed by atoms with Crippen LogP contribution in [-0.2, 0) is 6.54 Å². The molecule has 0 aliphatic carbocycles. The van der Waals surface area contributed by atoms with Crippen LogP contribution < -0.4 is 10.6 Å². The lowest BCUT2D eigenvalue weighted by atomic mass is 10.2. The molecule has 0 saturated heterocycles. The molecule has 0 aliphatic rings. The molecule has 2 aromatic heterocycles. The Balaban J connectivity index is 1.77. The predicted octanol–water partition coefficient (Wildman–Crippen LogP) is 4.80. The van der Waals surface area contributed by atoms with Crippen LogP contribution in [0.25, 0.3) is 0 Å². The molecule has 1 aromatic carbocycles. The minimum atomic E-state index is 0.546. The quantitative estimate of drug-likeness (QED) is 0.672. The minimum Gasteiger partial charge on any atom is -0.467 e. The summed E-state index contributed by atoms with van der Waals surface area (Å²) in [6.45, 7) is 4.54. The van der Waals surface area contributed by atoms with Gasteiger partial charge in [0.2, 0.25) is 5.95 Å². The zero-order valence-corrected chi connectivity index (χ0v) is 14.5. The van der Waals surface area contributed by atoms with Gasteiger partial charge in [0.1, 0.15) is 11.6 Å². The summed E-state index contributed by atoms with van der Waals surface area (Å²) in [7, 11) is 0. The van der Waals surface area contributed by atoms with Crippen molar-refractivity contribution in [3.63, 3.8) is 0 Å². The number of nitrogens with one attached hydrogen (secondary N) is 2. The van der Waals surface area contributed by atoms with Crippen LogP contribution in [-0.4, -0.2) is 9.97 Å². The Hall–Kier alpha value is -2.34. The van der Waals surface area contributed by atoms with E-state index in [1.54, 1.807) is 6.26 Å². The SMILES string of the molecule is Cc1ccc(Nc2cc(C)nc(NCc3ccco3)n2)c(Br)c1. The number of aryl methyl sites for hydroxylation is 2. The molecule has 0 spiro atoms. The fourth-order valence-corrected chi connectivity index (χ4v) is 2.74. The summed E-state index contributed by atoms with van der Waals surface area (Å²) in [4.78, 5) is 8.89. The third-order valence-corrected chi connectivity index (χ3v) is 3.90. The third-order valence-electron chi connectivity index (χ3n) is 3.24. The van der Waals surface area contributed by atoms with Crippen LogP contribution in [0.1, 0.15) is 17.0 Å². The van der Waals surface area contributed by atoms with Crippen molar-refractivity contribution in [1.82, 2.24) is 9.97 Å². The summed E-state index contributed by atoms with van der Waals surface area (Å²) in [5.41, 5.74) is 3.04. The van der Waals surface area contributed by atoms with Gasteiger partial charge >= 0.3 is 0 Å². The maximum Gasteiger partial charge on any atom is 0.225 e. The summed E-state index contributed by atoms with van der Waals surface area (Å²) >= 11 is 3.56. The molecule has 3 rings (SSSR count). The van der Waals surface area contributed by atoms with Crippen LogP contribution in [0.4, 0.5) is 17.5 Å². The van der Waals surface area contributed by atoms with E-state index in [0.29, 0.717) is 12.5 Å². The number of furan rings is 1. The smallest absolute Gasteiger partial charge is 0.225 e. The predicted molar refractivity (Wildman–Crippen MR) is 95.0 cm³/mol. The number of benzene rings is 1. The molecule has 0 radical (unpaired) electrons. The lowest BCUT2D eigenvalue weighted by Gasteiger charge is -2.11. The second-order valence-corrected chi connectivity index (χ2v) is 6.11. The van der Waals surface area contributed by atoms with Crippen molar-refractivity contribution in [1.29, 1.82) is 0 Å². The second-order valence-electron chi connectivity index (χ2n) is 5.26. The Labute approximate surface area is 143 Å². The van der Waals surface area contributed by atoms with Gasteiger partial charge in [-0.15, -0.1) is 0 Å². The molecule has 2 N–H and O–H groups in total. The van der Waals surface area contributed by atoms with Crippen molar-refractivity contribution in [2.24, 2.45) is 0 Å². The zero-order chi connectivity index (χ0) is 16.2. The summed E-state index contributed by atoms with van der Waals surface area (Å²) in [6.07, 6.45) is 1.65. The van der Waals surface area contributed by atoms with Crippen molar-refractivity contribution >= 4 is 33.4 Å². The van der Waals surface area contributed by atoms with Gasteiger partial charge in [-0.3, -0.25) is 0 Å². The van der Waals surface area contributed by atoms with Crippen LogP contribution in [0, 0.1) is 13.8 Å². The van der Waals surface area contributed by atoms with Crippen molar-refractivity contribution in [3.8, 4) is 0 Å². The average molecular weight is 373 g/mol. The van der Waals surface area contributed by atoms with E-state index < -0.39 is 0 Å². The summed E-state index contributed by atoms with van der Waals surface area (Å²) in [5, 5.41) is 6.48. The van der Waals surface area contributed by atoms with E-state index in [1.807, 2.05) is 31.2 Å². The second kappa shape index (κ2) is 6.83. The van der Waals surface area contributed by atoms with E-state index >= 15 is 0 Å². The highest BCUT2D eigenvalue weighted by molar-refractivity contribution is 9.10. The Morgan fingerprint density at radius 2 is 2.00 bits per heavy atom. The summed E-state index contributed by atoms with van der Waals surface area (Å²) in [6, 6.07) is 11.8. The number of aromatic nitrogens is 2. The van der Waals surface area contributed by atoms with E-state index in [4.69, 9.17) is 4.42 Å². The van der Waals surface area contributed by atoms with Gasteiger partial charge in [0.15, 0.2) is 0 Å². The Morgan fingerprint density at radius 1 is 1.13 bits per heavy atom. The molecule has 0 amide bonds. The van der Waals surface area contributed by atoms with Crippen molar-refractivity contribution in [2.45, 2.75) is 20.4 Å². The van der Waals surface area contributed by atoms with Gasteiger partial charge in [-0.05, 0) is 59.6 Å². The first-order chi connectivity index (χ1) is 11.1. The maximum atomic E-state index is 5.30.